The van der Waals surface area contributed by atoms with Gasteiger partial charge in [-0.15, -0.1) is 0 Å². The quantitative estimate of drug-likeness (QED) is 0.348. The van der Waals surface area contributed by atoms with Crippen molar-refractivity contribution in [3.05, 3.63) is 85.0 Å². The van der Waals surface area contributed by atoms with Crippen LogP contribution in [-0.2, 0) is 16.4 Å². The van der Waals surface area contributed by atoms with Crippen LogP contribution in [0.25, 0.3) is 0 Å². The van der Waals surface area contributed by atoms with E-state index in [9.17, 15) is 23.1 Å². The van der Waals surface area contributed by atoms with Crippen molar-refractivity contribution < 1.29 is 22.7 Å². The fraction of sp³-hybridized carbons (Fsp3) is 0.333. The Balaban J connectivity index is 1.54. The molecule has 2 N–H and O–H groups in total. The van der Waals surface area contributed by atoms with Gasteiger partial charge in [-0.05, 0) is 96.2 Å². The molecular weight excluding hydrogens is 593 g/mol. The number of halogens is 1. The van der Waals surface area contributed by atoms with Crippen molar-refractivity contribution in [2.45, 2.75) is 55.8 Å². The van der Waals surface area contributed by atoms with Crippen LogP contribution >= 0.6 is 22.6 Å². The van der Waals surface area contributed by atoms with E-state index in [0.29, 0.717) is 24.1 Å². The van der Waals surface area contributed by atoms with Crippen LogP contribution in [0.1, 0.15) is 71.7 Å². The fourth-order valence-electron chi connectivity index (χ4n) is 4.92. The monoisotopic (exact) mass is 619 g/mol. The maximum absolute atomic E-state index is 13.1. The second-order valence-electron chi connectivity index (χ2n) is 9.43. The smallest absolute Gasteiger partial charge is 0.343 e. The number of hydrogen-bond donors (Lipinski definition) is 2. The summed E-state index contributed by atoms with van der Waals surface area (Å²) in [4.78, 5) is 26.1. The molecule has 0 bridgehead atoms. The zero-order chi connectivity index (χ0) is 25.4. The summed E-state index contributed by atoms with van der Waals surface area (Å²) in [6.45, 7) is 0. The Morgan fingerprint density at radius 1 is 1.00 bits per heavy atom. The second-order valence-corrected chi connectivity index (χ2v) is 12.4. The average molecular weight is 619 g/mol. The van der Waals surface area contributed by atoms with Crippen molar-refractivity contribution in [3.8, 4) is 5.75 Å². The van der Waals surface area contributed by atoms with Gasteiger partial charge in [0.25, 0.3) is 10.0 Å². The van der Waals surface area contributed by atoms with E-state index in [4.69, 9.17) is 4.42 Å². The topological polar surface area (TPSA) is 114 Å². The Morgan fingerprint density at radius 3 is 2.44 bits per heavy atom. The van der Waals surface area contributed by atoms with Crippen molar-refractivity contribution in [3.63, 3.8) is 0 Å². The first kappa shape index (κ1) is 25.0. The lowest BCUT2D eigenvalue weighted by atomic mass is 9.85. The van der Waals surface area contributed by atoms with Gasteiger partial charge >= 0.3 is 5.63 Å². The Kier molecular flexibility index (Phi) is 6.95. The maximum Gasteiger partial charge on any atom is 0.343 e. The predicted molar refractivity (Wildman–Crippen MR) is 144 cm³/mol. The van der Waals surface area contributed by atoms with Crippen LogP contribution in [0.5, 0.6) is 5.75 Å². The number of rotatable bonds is 6. The van der Waals surface area contributed by atoms with Gasteiger partial charge in [0.05, 0.1) is 16.0 Å². The molecule has 36 heavy (non-hydrogen) atoms. The van der Waals surface area contributed by atoms with E-state index in [-0.39, 0.29) is 39.2 Å². The highest BCUT2D eigenvalue weighted by Gasteiger charge is 2.39. The van der Waals surface area contributed by atoms with Crippen molar-refractivity contribution in [2.75, 3.05) is 4.72 Å². The number of carbonyl (C=O) groups excluding carboxylic acids is 1. The van der Waals surface area contributed by atoms with E-state index in [1.54, 1.807) is 42.5 Å². The highest BCUT2D eigenvalue weighted by molar-refractivity contribution is 14.1. The van der Waals surface area contributed by atoms with Gasteiger partial charge in [0.2, 0.25) is 0 Å². The summed E-state index contributed by atoms with van der Waals surface area (Å²) < 4.78 is 35.0. The molecule has 0 amide bonds. The van der Waals surface area contributed by atoms with E-state index in [1.165, 1.54) is 0 Å². The Morgan fingerprint density at radius 2 is 1.72 bits per heavy atom. The normalized spacial score (nSPS) is 17.1. The Labute approximate surface area is 223 Å². The van der Waals surface area contributed by atoms with Gasteiger partial charge in [-0.25, -0.2) is 13.2 Å². The molecule has 188 valence electrons. The standard InChI is InChI=1S/C27H26INO6S/c28-18-11-13-20(14-12-18)36(33,34)29-19-6-4-5-17(15-19)23(16-9-10-16)25-26(31)24-21(30)7-2-1-3-8-22(24)35-27(25)32/h4-6,11-16,23,29,31H,1-3,7-10H2. The number of sulfonamides is 1. The zero-order valence-electron chi connectivity index (χ0n) is 19.5. The minimum atomic E-state index is -3.81. The third-order valence-corrected chi connectivity index (χ3v) is 8.94. The van der Waals surface area contributed by atoms with E-state index in [1.807, 2.05) is 6.07 Å². The summed E-state index contributed by atoms with van der Waals surface area (Å²) >= 11 is 2.11. The number of carbonyl (C=O) groups is 1. The molecule has 1 atom stereocenters. The van der Waals surface area contributed by atoms with Crippen molar-refractivity contribution in [1.82, 2.24) is 0 Å². The lowest BCUT2D eigenvalue weighted by molar-refractivity contribution is 0.0968. The van der Waals surface area contributed by atoms with Gasteiger partial charge in [-0.2, -0.15) is 0 Å². The molecule has 3 aromatic rings. The molecule has 1 unspecified atom stereocenters. The zero-order valence-corrected chi connectivity index (χ0v) is 22.5. The van der Waals surface area contributed by atoms with Gasteiger partial charge < -0.3 is 9.52 Å². The summed E-state index contributed by atoms with van der Waals surface area (Å²) in [5.41, 5.74) is 0.610. The number of hydrogen-bond acceptors (Lipinski definition) is 6. The third kappa shape index (κ3) is 5.08. The molecule has 0 aliphatic heterocycles. The highest BCUT2D eigenvalue weighted by Crippen LogP contribution is 2.49. The molecule has 9 heteroatoms. The van der Waals surface area contributed by atoms with Crippen molar-refractivity contribution in [2.24, 2.45) is 5.92 Å². The van der Waals surface area contributed by atoms with Gasteiger partial charge in [0, 0.05) is 28.0 Å². The number of ketones is 1. The van der Waals surface area contributed by atoms with Gasteiger partial charge in [0.1, 0.15) is 11.5 Å². The van der Waals surface area contributed by atoms with E-state index < -0.39 is 21.6 Å². The Hall–Kier alpha value is -2.66. The number of aromatic hydroxyl groups is 1. The van der Waals surface area contributed by atoms with E-state index >= 15 is 0 Å². The maximum atomic E-state index is 13.1. The summed E-state index contributed by atoms with van der Waals surface area (Å²) in [5, 5.41) is 11.2. The molecule has 1 aromatic heterocycles. The second kappa shape index (κ2) is 10.0. The molecular formula is C27H26INO6S. The minimum absolute atomic E-state index is 0.0859. The average Bonchev–Trinajstić information content (AvgIpc) is 3.65. The van der Waals surface area contributed by atoms with Crippen LogP contribution in [0.3, 0.4) is 0 Å². The lowest BCUT2D eigenvalue weighted by Crippen LogP contribution is -2.21. The van der Waals surface area contributed by atoms with Crippen LogP contribution in [-0.4, -0.2) is 19.3 Å². The summed E-state index contributed by atoms with van der Waals surface area (Å²) in [6, 6.07) is 13.4. The highest BCUT2D eigenvalue weighted by atomic mass is 127. The number of benzene rings is 2. The number of fused-ring (bicyclic) bond motifs is 1. The van der Waals surface area contributed by atoms with E-state index in [0.717, 1.165) is 35.7 Å². The minimum Gasteiger partial charge on any atom is -0.506 e. The molecule has 2 aromatic carbocycles. The van der Waals surface area contributed by atoms with Crippen LogP contribution in [0, 0.1) is 9.49 Å². The molecule has 0 radical (unpaired) electrons. The van der Waals surface area contributed by atoms with Crippen molar-refractivity contribution >= 4 is 44.1 Å². The lowest BCUT2D eigenvalue weighted by Gasteiger charge is -2.21. The largest absolute Gasteiger partial charge is 0.506 e. The van der Waals surface area contributed by atoms with Crippen molar-refractivity contribution in [1.29, 1.82) is 0 Å². The number of Topliss-reactive ketones (excluding diaryl/α,β-unsaturated/α-hetero) is 1. The first-order valence-corrected chi connectivity index (χ1v) is 14.6. The Bertz CT molecular complexity index is 1480. The SMILES string of the molecule is O=C1CCCCCc2oc(=O)c(C(c3cccc(NS(=O)(=O)c4ccc(I)cc4)c3)C3CC3)c(O)c21. The van der Waals surface area contributed by atoms with Gasteiger partial charge in [-0.3, -0.25) is 9.52 Å². The summed E-state index contributed by atoms with van der Waals surface area (Å²) in [6.07, 6.45) is 4.84. The molecule has 5 rings (SSSR count). The molecule has 7 nitrogen and oxygen atoms in total. The molecule has 1 fully saturated rings. The number of aryl methyl sites for hydroxylation is 1. The predicted octanol–water partition coefficient (Wildman–Crippen LogP) is 5.59. The molecule has 0 spiro atoms. The molecule has 1 heterocycles. The number of nitrogens with one attached hydrogen (secondary N) is 1. The van der Waals surface area contributed by atoms with Crippen LogP contribution in [0.15, 0.2) is 62.6 Å². The van der Waals surface area contributed by atoms with Gasteiger partial charge in [-0.1, -0.05) is 18.6 Å². The van der Waals surface area contributed by atoms with E-state index in [2.05, 4.69) is 27.3 Å². The van der Waals surface area contributed by atoms with Crippen LogP contribution in [0.4, 0.5) is 5.69 Å². The number of anilines is 1. The summed E-state index contributed by atoms with van der Waals surface area (Å²) in [5.74, 6) is -0.647. The van der Waals surface area contributed by atoms with Crippen LogP contribution < -0.4 is 10.3 Å². The van der Waals surface area contributed by atoms with Gasteiger partial charge in [0.15, 0.2) is 5.78 Å². The molecule has 0 saturated heterocycles. The third-order valence-electron chi connectivity index (χ3n) is 6.82. The fourth-order valence-corrected chi connectivity index (χ4v) is 6.33. The summed E-state index contributed by atoms with van der Waals surface area (Å²) in [7, 11) is -3.81. The van der Waals surface area contributed by atoms with Crippen LogP contribution in [0.2, 0.25) is 0 Å². The molecule has 2 aliphatic rings. The first-order chi connectivity index (χ1) is 17.2. The molecule has 1 saturated carbocycles. The first-order valence-electron chi connectivity index (χ1n) is 12.0. The molecule has 2 aliphatic carbocycles.